The van der Waals surface area contributed by atoms with Crippen molar-refractivity contribution in [1.29, 1.82) is 0 Å². The molecule has 3 rings (SSSR count). The van der Waals surface area contributed by atoms with Crippen molar-refractivity contribution in [3.05, 3.63) is 70.7 Å². The first-order valence-corrected chi connectivity index (χ1v) is 11.5. The fourth-order valence-corrected chi connectivity index (χ4v) is 3.75. The Kier molecular flexibility index (Phi) is 8.41. The first-order chi connectivity index (χ1) is 15.4. The van der Waals surface area contributed by atoms with Gasteiger partial charge in [-0.3, -0.25) is 10.1 Å². The first-order valence-electron chi connectivity index (χ1n) is 10.1. The SMILES string of the molecule is C[C@H](CCOC(=O)CS)[C@H](OC(=O)Nc1ccc(Br)cc1)c1ccc(O)c2ccccc12. The number of thiol groups is 1. The van der Waals surface area contributed by atoms with E-state index in [0.717, 1.165) is 15.4 Å². The fourth-order valence-electron chi connectivity index (χ4n) is 3.39. The number of hydrogen-bond donors (Lipinski definition) is 3. The van der Waals surface area contributed by atoms with Crippen LogP contribution in [0.15, 0.2) is 65.1 Å². The quantitative estimate of drug-likeness (QED) is 0.248. The van der Waals surface area contributed by atoms with Crippen LogP contribution in [0.25, 0.3) is 10.8 Å². The molecule has 0 fully saturated rings. The third kappa shape index (κ3) is 6.17. The minimum absolute atomic E-state index is 0.00645. The maximum atomic E-state index is 12.7. The summed E-state index contributed by atoms with van der Waals surface area (Å²) in [6, 6.07) is 17.9. The molecule has 0 aliphatic rings. The summed E-state index contributed by atoms with van der Waals surface area (Å²) >= 11 is 7.27. The largest absolute Gasteiger partial charge is 0.507 e. The smallest absolute Gasteiger partial charge is 0.412 e. The van der Waals surface area contributed by atoms with Crippen LogP contribution in [0.3, 0.4) is 0 Å². The Balaban J connectivity index is 1.86. The lowest BCUT2D eigenvalue weighted by Crippen LogP contribution is -2.23. The predicted molar refractivity (Wildman–Crippen MR) is 131 cm³/mol. The molecule has 0 radical (unpaired) electrons. The summed E-state index contributed by atoms with van der Waals surface area (Å²) < 4.78 is 11.9. The van der Waals surface area contributed by atoms with Gasteiger partial charge in [0, 0.05) is 27.0 Å². The molecule has 0 saturated carbocycles. The number of anilines is 1. The topological polar surface area (TPSA) is 84.9 Å². The summed E-state index contributed by atoms with van der Waals surface area (Å²) in [4.78, 5) is 24.2. The molecule has 3 aromatic carbocycles. The average Bonchev–Trinajstić information content (AvgIpc) is 2.79. The van der Waals surface area contributed by atoms with E-state index in [1.54, 1.807) is 24.3 Å². The van der Waals surface area contributed by atoms with E-state index < -0.39 is 18.2 Å². The minimum Gasteiger partial charge on any atom is -0.507 e. The van der Waals surface area contributed by atoms with Crippen molar-refractivity contribution in [1.82, 2.24) is 0 Å². The molecule has 32 heavy (non-hydrogen) atoms. The van der Waals surface area contributed by atoms with Crippen LogP contribution in [0.4, 0.5) is 10.5 Å². The van der Waals surface area contributed by atoms with Gasteiger partial charge in [0.1, 0.15) is 11.9 Å². The monoisotopic (exact) mass is 517 g/mol. The number of rotatable bonds is 8. The molecule has 1 amide bonds. The number of fused-ring (bicyclic) bond motifs is 1. The Bertz CT molecular complexity index is 1090. The Hall–Kier alpha value is -2.71. The van der Waals surface area contributed by atoms with Gasteiger partial charge in [-0.1, -0.05) is 53.2 Å². The van der Waals surface area contributed by atoms with Crippen molar-refractivity contribution >= 4 is 57.1 Å². The number of benzene rings is 3. The zero-order chi connectivity index (χ0) is 23.1. The molecule has 0 spiro atoms. The molecule has 2 atom stereocenters. The number of phenols is 1. The molecule has 0 aliphatic heterocycles. The summed E-state index contributed by atoms with van der Waals surface area (Å²) in [6.45, 7) is 2.11. The molecule has 0 bridgehead atoms. The number of hydrogen-bond acceptors (Lipinski definition) is 6. The number of carbonyl (C=O) groups is 2. The molecule has 0 unspecified atom stereocenters. The van der Waals surface area contributed by atoms with Crippen LogP contribution in [-0.4, -0.2) is 29.5 Å². The molecule has 3 aromatic rings. The van der Waals surface area contributed by atoms with Crippen molar-refractivity contribution in [3.8, 4) is 5.75 Å². The fraction of sp³-hybridized carbons (Fsp3) is 0.250. The van der Waals surface area contributed by atoms with Gasteiger partial charge in [0.15, 0.2) is 0 Å². The van der Waals surface area contributed by atoms with Crippen LogP contribution in [0, 0.1) is 5.92 Å². The maximum Gasteiger partial charge on any atom is 0.412 e. The normalized spacial score (nSPS) is 12.7. The van der Waals surface area contributed by atoms with E-state index in [1.165, 1.54) is 0 Å². The lowest BCUT2D eigenvalue weighted by Gasteiger charge is -2.26. The summed E-state index contributed by atoms with van der Waals surface area (Å²) in [5.74, 6) is -0.419. The predicted octanol–water partition coefficient (Wildman–Crippen LogP) is 6.10. The highest BCUT2D eigenvalue weighted by molar-refractivity contribution is 9.10. The van der Waals surface area contributed by atoms with Gasteiger partial charge >= 0.3 is 12.1 Å². The average molecular weight is 518 g/mol. The zero-order valence-electron chi connectivity index (χ0n) is 17.5. The molecule has 8 heteroatoms. The van der Waals surface area contributed by atoms with Crippen LogP contribution < -0.4 is 5.32 Å². The molecule has 0 aromatic heterocycles. The second kappa shape index (κ2) is 11.2. The van der Waals surface area contributed by atoms with E-state index >= 15 is 0 Å². The number of ether oxygens (including phenoxy) is 2. The van der Waals surface area contributed by atoms with Gasteiger partial charge in [0.05, 0.1) is 12.4 Å². The van der Waals surface area contributed by atoms with Gasteiger partial charge in [0.25, 0.3) is 0 Å². The second-order valence-corrected chi connectivity index (χ2v) is 8.55. The van der Waals surface area contributed by atoms with Crippen molar-refractivity contribution in [3.63, 3.8) is 0 Å². The minimum atomic E-state index is -0.634. The van der Waals surface area contributed by atoms with Crippen LogP contribution >= 0.6 is 28.6 Å². The Morgan fingerprint density at radius 2 is 1.75 bits per heavy atom. The number of esters is 1. The lowest BCUT2D eigenvalue weighted by atomic mass is 9.90. The highest BCUT2D eigenvalue weighted by Gasteiger charge is 2.26. The van der Waals surface area contributed by atoms with E-state index in [-0.39, 0.29) is 24.0 Å². The molecular weight excluding hydrogens is 494 g/mol. The number of aromatic hydroxyl groups is 1. The number of carbonyl (C=O) groups excluding carboxylic acids is 2. The Labute approximate surface area is 200 Å². The summed E-state index contributed by atoms with van der Waals surface area (Å²) in [6.07, 6.45) is -0.760. The van der Waals surface area contributed by atoms with Crippen molar-refractivity contribution in [2.24, 2.45) is 5.92 Å². The van der Waals surface area contributed by atoms with Crippen LogP contribution in [-0.2, 0) is 14.3 Å². The van der Waals surface area contributed by atoms with Crippen LogP contribution in [0.5, 0.6) is 5.75 Å². The van der Waals surface area contributed by atoms with E-state index in [2.05, 4.69) is 33.9 Å². The van der Waals surface area contributed by atoms with Crippen molar-refractivity contribution < 1.29 is 24.2 Å². The third-order valence-corrected chi connectivity index (χ3v) is 5.83. The standard InChI is InChI=1S/C24H24BrNO5S/c1-15(12-13-30-22(28)14-32)23(31-24(29)26-17-8-6-16(25)7-9-17)20-10-11-21(27)19-5-3-2-4-18(19)20/h2-11,15,23,27,32H,12-14H2,1H3,(H,26,29)/t15-,23+/m1/s1. The van der Waals surface area contributed by atoms with Crippen LogP contribution in [0.2, 0.25) is 0 Å². The third-order valence-electron chi connectivity index (χ3n) is 5.05. The Morgan fingerprint density at radius 3 is 2.44 bits per heavy atom. The Morgan fingerprint density at radius 1 is 1.06 bits per heavy atom. The number of nitrogens with one attached hydrogen (secondary N) is 1. The van der Waals surface area contributed by atoms with E-state index in [0.29, 0.717) is 17.5 Å². The molecule has 0 aliphatic carbocycles. The van der Waals surface area contributed by atoms with E-state index in [1.807, 2.05) is 43.3 Å². The highest BCUT2D eigenvalue weighted by atomic mass is 79.9. The van der Waals surface area contributed by atoms with E-state index in [9.17, 15) is 14.7 Å². The van der Waals surface area contributed by atoms with Gasteiger partial charge in [-0.15, -0.1) is 0 Å². The second-order valence-electron chi connectivity index (χ2n) is 7.32. The molecule has 168 valence electrons. The van der Waals surface area contributed by atoms with Gasteiger partial charge in [0.2, 0.25) is 0 Å². The van der Waals surface area contributed by atoms with Crippen LogP contribution in [0.1, 0.15) is 25.0 Å². The van der Waals surface area contributed by atoms with Crippen molar-refractivity contribution in [2.45, 2.75) is 19.4 Å². The summed E-state index contributed by atoms with van der Waals surface area (Å²) in [7, 11) is 0. The summed E-state index contributed by atoms with van der Waals surface area (Å²) in [5.41, 5.74) is 1.36. The number of halogens is 1. The van der Waals surface area contributed by atoms with Gasteiger partial charge in [-0.05, 0) is 42.1 Å². The van der Waals surface area contributed by atoms with Crippen molar-refractivity contribution in [2.75, 3.05) is 17.7 Å². The van der Waals surface area contributed by atoms with Gasteiger partial charge in [-0.2, -0.15) is 12.6 Å². The molecule has 6 nitrogen and oxygen atoms in total. The van der Waals surface area contributed by atoms with E-state index in [4.69, 9.17) is 9.47 Å². The maximum absolute atomic E-state index is 12.7. The molecular formula is C24H24BrNO5S. The first kappa shape index (κ1) is 23.9. The zero-order valence-corrected chi connectivity index (χ0v) is 19.9. The van der Waals surface area contributed by atoms with Gasteiger partial charge < -0.3 is 14.6 Å². The highest BCUT2D eigenvalue weighted by Crippen LogP contribution is 2.37. The lowest BCUT2D eigenvalue weighted by molar-refractivity contribution is -0.141. The molecule has 0 saturated heterocycles. The van der Waals surface area contributed by atoms with Gasteiger partial charge in [-0.25, -0.2) is 4.79 Å². The molecule has 2 N–H and O–H groups in total. The summed E-state index contributed by atoms with van der Waals surface area (Å²) in [5, 5.41) is 14.4. The molecule has 0 heterocycles. The number of amides is 1. The number of phenolic OH excluding ortho intramolecular Hbond substituents is 1.